The van der Waals surface area contributed by atoms with Crippen LogP contribution in [0.3, 0.4) is 0 Å². The van der Waals surface area contributed by atoms with E-state index in [1.165, 1.54) is 6.26 Å². The summed E-state index contributed by atoms with van der Waals surface area (Å²) >= 11 is 1.58. The van der Waals surface area contributed by atoms with Gasteiger partial charge >= 0.3 is 0 Å². The maximum atomic E-state index is 11.9. The molecule has 0 radical (unpaired) electrons. The summed E-state index contributed by atoms with van der Waals surface area (Å²) in [7, 11) is -1.00. The zero-order chi connectivity index (χ0) is 15.7. The van der Waals surface area contributed by atoms with E-state index in [4.69, 9.17) is 4.42 Å². The average Bonchev–Trinajstić information content (AvgIpc) is 3.19. The molecule has 0 aromatic carbocycles. The minimum atomic E-state index is -2.99. The lowest BCUT2D eigenvalue weighted by Crippen LogP contribution is -2.40. The van der Waals surface area contributed by atoms with Gasteiger partial charge < -0.3 is 4.42 Å². The second-order valence-electron chi connectivity index (χ2n) is 5.94. The summed E-state index contributed by atoms with van der Waals surface area (Å²) in [4.78, 5) is 6.75. The summed E-state index contributed by atoms with van der Waals surface area (Å²) in [5.41, 5.74) is 1.96. The van der Waals surface area contributed by atoms with Crippen molar-refractivity contribution in [1.82, 2.24) is 9.88 Å². The third-order valence-electron chi connectivity index (χ3n) is 4.27. The average molecular weight is 340 g/mol. The van der Waals surface area contributed by atoms with Gasteiger partial charge in [-0.25, -0.2) is 13.4 Å². The highest BCUT2D eigenvalue weighted by molar-refractivity contribution is 7.91. The Kier molecular flexibility index (Phi) is 4.38. The Balaban J connectivity index is 1.70. The number of thiazole rings is 1. The summed E-state index contributed by atoms with van der Waals surface area (Å²) in [6, 6.07) is 1.98. The fraction of sp³-hybridized carbons (Fsp3) is 0.533. The Morgan fingerprint density at radius 2 is 2.27 bits per heavy atom. The van der Waals surface area contributed by atoms with Gasteiger partial charge in [-0.2, -0.15) is 0 Å². The topological polar surface area (TPSA) is 63.4 Å². The number of hydrogen-bond donors (Lipinski definition) is 0. The summed E-state index contributed by atoms with van der Waals surface area (Å²) in [5, 5.41) is 2.72. The van der Waals surface area contributed by atoms with Crippen LogP contribution in [0, 0.1) is 0 Å². The molecule has 7 heteroatoms. The molecule has 120 valence electrons. The predicted molar refractivity (Wildman–Crippen MR) is 87.6 cm³/mol. The number of rotatable bonds is 5. The number of aromatic nitrogens is 1. The zero-order valence-electron chi connectivity index (χ0n) is 12.7. The van der Waals surface area contributed by atoms with Crippen molar-refractivity contribution in [1.29, 1.82) is 0 Å². The molecule has 2 aromatic rings. The van der Waals surface area contributed by atoms with Crippen molar-refractivity contribution in [3.05, 3.63) is 29.7 Å². The number of sulfone groups is 1. The van der Waals surface area contributed by atoms with Crippen LogP contribution in [-0.2, 0) is 16.4 Å². The molecule has 0 aliphatic heterocycles. The van der Waals surface area contributed by atoms with E-state index in [0.29, 0.717) is 6.54 Å². The Labute approximate surface area is 134 Å². The molecule has 0 bridgehead atoms. The molecular weight excluding hydrogens is 320 g/mol. The Morgan fingerprint density at radius 1 is 1.45 bits per heavy atom. The lowest BCUT2D eigenvalue weighted by atomic mass is 10.2. The van der Waals surface area contributed by atoms with E-state index in [1.807, 2.05) is 18.5 Å². The summed E-state index contributed by atoms with van der Waals surface area (Å²) < 4.78 is 28.9. The first-order chi connectivity index (χ1) is 10.4. The maximum Gasteiger partial charge on any atom is 0.151 e. The SMILES string of the molecule is CN(Cc1csc(-c2ccoc2)n1)[C@H]1CCC[C@@H]1S(C)(=O)=O. The van der Waals surface area contributed by atoms with Crippen LogP contribution in [0.25, 0.3) is 10.6 Å². The molecule has 22 heavy (non-hydrogen) atoms. The molecule has 2 heterocycles. The lowest BCUT2D eigenvalue weighted by molar-refractivity contribution is 0.236. The van der Waals surface area contributed by atoms with E-state index >= 15 is 0 Å². The Morgan fingerprint density at radius 3 is 2.95 bits per heavy atom. The van der Waals surface area contributed by atoms with Gasteiger partial charge in [-0.15, -0.1) is 11.3 Å². The van der Waals surface area contributed by atoms with Gasteiger partial charge in [0.1, 0.15) is 11.3 Å². The zero-order valence-corrected chi connectivity index (χ0v) is 14.4. The van der Waals surface area contributed by atoms with E-state index in [0.717, 1.165) is 35.5 Å². The molecule has 3 rings (SSSR count). The van der Waals surface area contributed by atoms with Gasteiger partial charge in [0.2, 0.25) is 0 Å². The second-order valence-corrected chi connectivity index (χ2v) is 9.06. The van der Waals surface area contributed by atoms with Gasteiger partial charge in [0.15, 0.2) is 9.84 Å². The molecule has 0 unspecified atom stereocenters. The highest BCUT2D eigenvalue weighted by atomic mass is 32.2. The van der Waals surface area contributed by atoms with E-state index in [9.17, 15) is 8.42 Å². The molecule has 5 nitrogen and oxygen atoms in total. The van der Waals surface area contributed by atoms with Crippen molar-refractivity contribution in [2.24, 2.45) is 0 Å². The van der Waals surface area contributed by atoms with Gasteiger partial charge in [0.25, 0.3) is 0 Å². The first-order valence-corrected chi connectivity index (χ1v) is 10.1. The van der Waals surface area contributed by atoms with Crippen molar-refractivity contribution in [3.8, 4) is 10.6 Å². The van der Waals surface area contributed by atoms with Crippen molar-refractivity contribution in [2.75, 3.05) is 13.3 Å². The standard InChI is InChI=1S/C15H20N2O3S2/c1-17(13-4-3-5-14(13)22(2,18)19)8-12-10-21-15(16-12)11-6-7-20-9-11/h6-7,9-10,13-14H,3-5,8H2,1-2H3/t13-,14-/m0/s1. The molecule has 0 saturated heterocycles. The van der Waals surface area contributed by atoms with Gasteiger partial charge in [-0.05, 0) is 26.0 Å². The summed E-state index contributed by atoms with van der Waals surface area (Å²) in [5.74, 6) is 0. The van der Waals surface area contributed by atoms with Crippen molar-refractivity contribution >= 4 is 21.2 Å². The van der Waals surface area contributed by atoms with Crippen LogP contribution in [-0.4, -0.2) is 42.9 Å². The number of furan rings is 1. The highest BCUT2D eigenvalue weighted by Gasteiger charge is 2.37. The molecule has 0 spiro atoms. The maximum absolute atomic E-state index is 11.9. The summed E-state index contributed by atoms with van der Waals surface area (Å²) in [6.45, 7) is 0.672. The molecule has 1 aliphatic rings. The fourth-order valence-electron chi connectivity index (χ4n) is 3.18. The van der Waals surface area contributed by atoms with Crippen molar-refractivity contribution in [2.45, 2.75) is 37.1 Å². The first kappa shape index (κ1) is 15.7. The normalized spacial score (nSPS) is 22.5. The molecule has 1 aliphatic carbocycles. The molecule has 1 fully saturated rings. The van der Waals surface area contributed by atoms with Crippen LogP contribution < -0.4 is 0 Å². The lowest BCUT2D eigenvalue weighted by Gasteiger charge is -2.28. The monoisotopic (exact) mass is 340 g/mol. The van der Waals surface area contributed by atoms with Gasteiger partial charge in [-0.3, -0.25) is 4.90 Å². The number of nitrogens with zero attached hydrogens (tertiary/aromatic N) is 2. The smallest absolute Gasteiger partial charge is 0.151 e. The Bertz CT molecular complexity index is 722. The highest BCUT2D eigenvalue weighted by Crippen LogP contribution is 2.30. The van der Waals surface area contributed by atoms with Crippen LogP contribution in [0.1, 0.15) is 25.0 Å². The minimum absolute atomic E-state index is 0.0917. The number of hydrogen-bond acceptors (Lipinski definition) is 6. The molecule has 1 saturated carbocycles. The molecular formula is C15H20N2O3S2. The minimum Gasteiger partial charge on any atom is -0.472 e. The van der Waals surface area contributed by atoms with E-state index in [1.54, 1.807) is 23.9 Å². The van der Waals surface area contributed by atoms with Crippen molar-refractivity contribution < 1.29 is 12.8 Å². The van der Waals surface area contributed by atoms with Crippen LogP contribution in [0.15, 0.2) is 28.4 Å². The largest absolute Gasteiger partial charge is 0.472 e. The summed E-state index contributed by atoms with van der Waals surface area (Å²) in [6.07, 6.45) is 7.35. The van der Waals surface area contributed by atoms with E-state index in [-0.39, 0.29) is 11.3 Å². The van der Waals surface area contributed by atoms with E-state index in [2.05, 4.69) is 9.88 Å². The van der Waals surface area contributed by atoms with Crippen LogP contribution in [0.4, 0.5) is 0 Å². The van der Waals surface area contributed by atoms with Crippen LogP contribution >= 0.6 is 11.3 Å². The second kappa shape index (κ2) is 6.14. The van der Waals surface area contributed by atoms with Gasteiger partial charge in [0.05, 0.1) is 17.2 Å². The van der Waals surface area contributed by atoms with Crippen LogP contribution in [0.5, 0.6) is 0 Å². The molecule has 2 atom stereocenters. The van der Waals surface area contributed by atoms with Gasteiger partial charge in [-0.1, -0.05) is 6.42 Å². The third kappa shape index (κ3) is 3.26. The third-order valence-corrected chi connectivity index (χ3v) is 6.85. The molecule has 0 N–H and O–H groups in total. The Hall–Kier alpha value is -1.18. The fourth-order valence-corrected chi connectivity index (χ4v) is 5.49. The van der Waals surface area contributed by atoms with Crippen LogP contribution in [0.2, 0.25) is 0 Å². The molecule has 2 aromatic heterocycles. The van der Waals surface area contributed by atoms with Crippen molar-refractivity contribution in [3.63, 3.8) is 0 Å². The van der Waals surface area contributed by atoms with Gasteiger partial charge in [0, 0.05) is 29.8 Å². The van der Waals surface area contributed by atoms with E-state index < -0.39 is 9.84 Å². The quantitative estimate of drug-likeness (QED) is 0.837. The first-order valence-electron chi connectivity index (χ1n) is 7.31. The predicted octanol–water partition coefficient (Wildman–Crippen LogP) is 2.80. The molecule has 0 amide bonds.